The fraction of sp³-hybridized carbons (Fsp3) is 0.500. The van der Waals surface area contributed by atoms with Crippen molar-refractivity contribution in [3.63, 3.8) is 0 Å². The fourth-order valence-corrected chi connectivity index (χ4v) is 1.05. The lowest BCUT2D eigenvalue weighted by Gasteiger charge is -2.31. The SMILES string of the molecule is CC(C)C(C)(C)Nc1ccc(F)cc1. The minimum Gasteiger partial charge on any atom is -0.380 e. The van der Waals surface area contributed by atoms with Crippen molar-refractivity contribution >= 4 is 5.69 Å². The van der Waals surface area contributed by atoms with E-state index in [0.29, 0.717) is 5.92 Å². The van der Waals surface area contributed by atoms with Crippen LogP contribution in [0, 0.1) is 11.7 Å². The van der Waals surface area contributed by atoms with Crippen molar-refractivity contribution in [3.05, 3.63) is 30.1 Å². The minimum absolute atomic E-state index is 0.0256. The van der Waals surface area contributed by atoms with Gasteiger partial charge in [0.25, 0.3) is 0 Å². The molecule has 0 heterocycles. The van der Waals surface area contributed by atoms with Gasteiger partial charge in [0, 0.05) is 11.2 Å². The van der Waals surface area contributed by atoms with Crippen LogP contribution in [0.25, 0.3) is 0 Å². The van der Waals surface area contributed by atoms with Gasteiger partial charge in [-0.1, -0.05) is 13.8 Å². The van der Waals surface area contributed by atoms with Crippen LogP contribution < -0.4 is 5.32 Å². The Morgan fingerprint density at radius 2 is 1.64 bits per heavy atom. The van der Waals surface area contributed by atoms with Gasteiger partial charge in [0.15, 0.2) is 0 Å². The standard InChI is InChI=1S/C12H18FN/c1-9(2)12(3,4)14-11-7-5-10(13)6-8-11/h5-9,14H,1-4H3. The van der Waals surface area contributed by atoms with E-state index >= 15 is 0 Å². The number of hydrogen-bond donors (Lipinski definition) is 1. The number of rotatable bonds is 3. The Morgan fingerprint density at radius 1 is 1.14 bits per heavy atom. The highest BCUT2D eigenvalue weighted by Crippen LogP contribution is 2.22. The van der Waals surface area contributed by atoms with E-state index in [9.17, 15) is 4.39 Å². The summed E-state index contributed by atoms with van der Waals surface area (Å²) in [5, 5.41) is 3.38. The summed E-state index contributed by atoms with van der Waals surface area (Å²) in [5.41, 5.74) is 0.989. The summed E-state index contributed by atoms with van der Waals surface area (Å²) in [6.07, 6.45) is 0. The average molecular weight is 195 g/mol. The maximum atomic E-state index is 12.7. The summed E-state index contributed by atoms with van der Waals surface area (Å²) in [7, 11) is 0. The van der Waals surface area contributed by atoms with Crippen molar-refractivity contribution in [2.75, 3.05) is 5.32 Å². The fourth-order valence-electron chi connectivity index (χ4n) is 1.05. The molecule has 0 saturated heterocycles. The number of benzene rings is 1. The summed E-state index contributed by atoms with van der Waals surface area (Å²) < 4.78 is 12.7. The van der Waals surface area contributed by atoms with E-state index in [0.717, 1.165) is 5.69 Å². The van der Waals surface area contributed by atoms with E-state index in [-0.39, 0.29) is 11.4 Å². The molecule has 0 aromatic heterocycles. The molecular formula is C12H18FN. The van der Waals surface area contributed by atoms with Gasteiger partial charge in [-0.3, -0.25) is 0 Å². The summed E-state index contributed by atoms with van der Waals surface area (Å²) >= 11 is 0. The van der Waals surface area contributed by atoms with Gasteiger partial charge in [-0.25, -0.2) is 4.39 Å². The van der Waals surface area contributed by atoms with Crippen LogP contribution in [0.15, 0.2) is 24.3 Å². The van der Waals surface area contributed by atoms with Gasteiger partial charge in [0.05, 0.1) is 0 Å². The van der Waals surface area contributed by atoms with Crippen LogP contribution in [0.3, 0.4) is 0 Å². The zero-order valence-electron chi connectivity index (χ0n) is 9.26. The van der Waals surface area contributed by atoms with Crippen LogP contribution in [0.2, 0.25) is 0 Å². The van der Waals surface area contributed by atoms with Crippen LogP contribution >= 0.6 is 0 Å². The molecule has 14 heavy (non-hydrogen) atoms. The van der Waals surface area contributed by atoms with Crippen LogP contribution in [0.5, 0.6) is 0 Å². The lowest BCUT2D eigenvalue weighted by atomic mass is 9.90. The molecule has 0 unspecified atom stereocenters. The monoisotopic (exact) mass is 195 g/mol. The van der Waals surface area contributed by atoms with Crippen molar-refractivity contribution < 1.29 is 4.39 Å². The number of nitrogens with one attached hydrogen (secondary N) is 1. The Hall–Kier alpha value is -1.05. The molecule has 1 nitrogen and oxygen atoms in total. The van der Waals surface area contributed by atoms with Crippen molar-refractivity contribution in [1.82, 2.24) is 0 Å². The smallest absolute Gasteiger partial charge is 0.123 e. The van der Waals surface area contributed by atoms with Crippen LogP contribution in [0.4, 0.5) is 10.1 Å². The molecule has 0 aliphatic heterocycles. The van der Waals surface area contributed by atoms with Gasteiger partial charge in [-0.05, 0) is 44.0 Å². The molecule has 0 aliphatic rings. The Morgan fingerprint density at radius 3 is 2.07 bits per heavy atom. The van der Waals surface area contributed by atoms with E-state index < -0.39 is 0 Å². The predicted octanol–water partition coefficient (Wildman–Crippen LogP) is 3.67. The van der Waals surface area contributed by atoms with E-state index in [4.69, 9.17) is 0 Å². The maximum absolute atomic E-state index is 12.7. The second-order valence-corrected chi connectivity index (χ2v) is 4.51. The summed E-state index contributed by atoms with van der Waals surface area (Å²) in [6, 6.07) is 6.47. The molecule has 1 rings (SSSR count). The first kappa shape index (κ1) is 11.0. The molecule has 0 aliphatic carbocycles. The first-order chi connectivity index (χ1) is 6.42. The zero-order valence-corrected chi connectivity index (χ0v) is 9.26. The average Bonchev–Trinajstić information content (AvgIpc) is 2.08. The van der Waals surface area contributed by atoms with Crippen LogP contribution in [0.1, 0.15) is 27.7 Å². The second-order valence-electron chi connectivity index (χ2n) is 4.51. The second kappa shape index (κ2) is 3.99. The molecule has 2 heteroatoms. The number of halogens is 1. The summed E-state index contributed by atoms with van der Waals surface area (Å²) in [4.78, 5) is 0. The highest BCUT2D eigenvalue weighted by atomic mass is 19.1. The van der Waals surface area contributed by atoms with Gasteiger partial charge in [0.1, 0.15) is 5.82 Å². The van der Waals surface area contributed by atoms with Gasteiger partial charge >= 0.3 is 0 Å². The Kier molecular flexibility index (Phi) is 3.14. The minimum atomic E-state index is -0.196. The Balaban J connectivity index is 2.74. The molecular weight excluding hydrogens is 177 g/mol. The molecule has 1 aromatic rings. The van der Waals surface area contributed by atoms with E-state index in [1.54, 1.807) is 12.1 Å². The van der Waals surface area contributed by atoms with Gasteiger partial charge < -0.3 is 5.32 Å². The van der Waals surface area contributed by atoms with Crippen LogP contribution in [-0.4, -0.2) is 5.54 Å². The molecule has 0 saturated carbocycles. The summed E-state index contributed by atoms with van der Waals surface area (Å²) in [6.45, 7) is 8.61. The maximum Gasteiger partial charge on any atom is 0.123 e. The van der Waals surface area contributed by atoms with E-state index in [1.165, 1.54) is 12.1 Å². The molecule has 0 radical (unpaired) electrons. The lowest BCUT2D eigenvalue weighted by molar-refractivity contribution is 0.407. The Bertz CT molecular complexity index is 288. The van der Waals surface area contributed by atoms with Crippen molar-refractivity contribution in [3.8, 4) is 0 Å². The number of anilines is 1. The third-order valence-electron chi connectivity index (χ3n) is 2.75. The Labute approximate surface area is 85.3 Å². The number of hydrogen-bond acceptors (Lipinski definition) is 1. The topological polar surface area (TPSA) is 12.0 Å². The van der Waals surface area contributed by atoms with E-state index in [2.05, 4.69) is 33.0 Å². The highest BCUT2D eigenvalue weighted by Gasteiger charge is 2.21. The molecule has 0 fully saturated rings. The van der Waals surface area contributed by atoms with Gasteiger partial charge in [-0.2, -0.15) is 0 Å². The van der Waals surface area contributed by atoms with Crippen molar-refractivity contribution in [1.29, 1.82) is 0 Å². The highest BCUT2D eigenvalue weighted by molar-refractivity contribution is 5.45. The predicted molar refractivity (Wildman–Crippen MR) is 58.9 cm³/mol. The normalized spacial score (nSPS) is 11.9. The molecule has 1 aromatic carbocycles. The largest absolute Gasteiger partial charge is 0.380 e. The molecule has 1 N–H and O–H groups in total. The third-order valence-corrected chi connectivity index (χ3v) is 2.75. The first-order valence-corrected chi connectivity index (χ1v) is 4.95. The lowest BCUT2D eigenvalue weighted by Crippen LogP contribution is -2.36. The molecule has 0 atom stereocenters. The first-order valence-electron chi connectivity index (χ1n) is 4.95. The summed E-state index contributed by atoms with van der Waals surface area (Å²) in [5.74, 6) is 0.324. The van der Waals surface area contributed by atoms with E-state index in [1.807, 2.05) is 0 Å². The van der Waals surface area contributed by atoms with Crippen molar-refractivity contribution in [2.24, 2.45) is 5.92 Å². The van der Waals surface area contributed by atoms with Gasteiger partial charge in [0.2, 0.25) is 0 Å². The molecule has 0 spiro atoms. The quantitative estimate of drug-likeness (QED) is 0.776. The zero-order chi connectivity index (χ0) is 10.8. The molecule has 0 amide bonds. The van der Waals surface area contributed by atoms with Crippen molar-refractivity contribution in [2.45, 2.75) is 33.2 Å². The third kappa shape index (κ3) is 2.72. The molecule has 78 valence electrons. The van der Waals surface area contributed by atoms with Crippen LogP contribution in [-0.2, 0) is 0 Å². The molecule has 0 bridgehead atoms. The van der Waals surface area contributed by atoms with Gasteiger partial charge in [-0.15, -0.1) is 0 Å².